The van der Waals surface area contributed by atoms with Gasteiger partial charge in [0, 0.05) is 11.6 Å². The van der Waals surface area contributed by atoms with Gasteiger partial charge in [0.15, 0.2) is 21.3 Å². The van der Waals surface area contributed by atoms with Gasteiger partial charge in [-0.25, -0.2) is 18.2 Å². The fraction of sp³-hybridized carbons (Fsp3) is 0.417. The topological polar surface area (TPSA) is 105 Å². The van der Waals surface area contributed by atoms with Gasteiger partial charge in [0.05, 0.1) is 5.57 Å². The van der Waals surface area contributed by atoms with Gasteiger partial charge < -0.3 is 10.0 Å². The third-order valence-corrected chi connectivity index (χ3v) is 7.41. The number of aliphatic carboxylic acids is 1. The first-order valence-electron chi connectivity index (χ1n) is 6.09. The van der Waals surface area contributed by atoms with E-state index in [1.807, 2.05) is 0 Å². The molecular weight excluding hydrogens is 316 g/mol. The van der Waals surface area contributed by atoms with Crippen LogP contribution >= 0.6 is 11.3 Å². The first-order valence-corrected chi connectivity index (χ1v) is 8.52. The molecule has 0 aromatic carbocycles. The van der Waals surface area contributed by atoms with Gasteiger partial charge in [0.1, 0.15) is 9.75 Å². The Labute approximate surface area is 124 Å². The Morgan fingerprint density at radius 2 is 2.19 bits per heavy atom. The van der Waals surface area contributed by atoms with E-state index in [0.717, 1.165) is 4.90 Å². The molecule has 2 atom stereocenters. The van der Waals surface area contributed by atoms with Crippen molar-refractivity contribution in [3.63, 3.8) is 0 Å². The highest BCUT2D eigenvalue weighted by molar-refractivity contribution is 7.94. The molecule has 0 radical (unpaired) electrons. The van der Waals surface area contributed by atoms with Crippen LogP contribution in [0.25, 0.3) is 6.08 Å². The van der Waals surface area contributed by atoms with Gasteiger partial charge in [0.25, 0.3) is 5.91 Å². The summed E-state index contributed by atoms with van der Waals surface area (Å²) in [5.74, 6) is -1.87. The summed E-state index contributed by atoms with van der Waals surface area (Å²) in [5, 5.41) is 10.3. The Bertz CT molecular complexity index is 764. The highest BCUT2D eigenvalue weighted by Gasteiger charge is 2.70. The number of carbonyl (C=O) groups excluding carboxylic acids is 1. The zero-order valence-electron chi connectivity index (χ0n) is 11.2. The maximum absolute atomic E-state index is 12.6. The fourth-order valence-corrected chi connectivity index (χ4v) is 5.48. The van der Waals surface area contributed by atoms with Crippen LogP contribution in [0.3, 0.4) is 0 Å². The smallest absolute Gasteiger partial charge is 0.328 e. The van der Waals surface area contributed by atoms with E-state index in [9.17, 15) is 23.1 Å². The molecule has 7 nitrogen and oxygen atoms in total. The lowest BCUT2D eigenvalue weighted by Gasteiger charge is -2.37. The van der Waals surface area contributed by atoms with Crippen molar-refractivity contribution in [2.75, 3.05) is 0 Å². The van der Waals surface area contributed by atoms with Crippen molar-refractivity contribution in [3.8, 4) is 0 Å². The summed E-state index contributed by atoms with van der Waals surface area (Å²) in [6.45, 7) is 2.68. The molecule has 3 rings (SSSR count). The first-order chi connectivity index (χ1) is 9.69. The molecule has 2 saturated heterocycles. The molecule has 0 saturated carbocycles. The lowest BCUT2D eigenvalue weighted by Crippen LogP contribution is -2.58. The largest absolute Gasteiger partial charge is 0.480 e. The van der Waals surface area contributed by atoms with Gasteiger partial charge in [-0.15, -0.1) is 11.3 Å². The van der Waals surface area contributed by atoms with Crippen LogP contribution in [0, 0.1) is 0 Å². The molecule has 1 aromatic rings. The molecule has 2 aliphatic heterocycles. The lowest BCUT2D eigenvalue weighted by molar-refractivity contribution is -0.152. The molecule has 0 unspecified atom stereocenters. The van der Waals surface area contributed by atoms with Crippen LogP contribution in [0.4, 0.5) is 0 Å². The van der Waals surface area contributed by atoms with Crippen molar-refractivity contribution in [1.82, 2.24) is 9.88 Å². The summed E-state index contributed by atoms with van der Waals surface area (Å²) < 4.78 is 23.6. The van der Waals surface area contributed by atoms with Crippen molar-refractivity contribution in [1.29, 1.82) is 0 Å². The summed E-state index contributed by atoms with van der Waals surface area (Å²) in [6.07, 6.45) is 2.97. The number of carboxylic acid groups (broad SMARTS) is 1. The van der Waals surface area contributed by atoms with E-state index >= 15 is 0 Å². The summed E-state index contributed by atoms with van der Waals surface area (Å²) in [4.78, 5) is 28.5. The van der Waals surface area contributed by atoms with E-state index in [4.69, 9.17) is 0 Å². The van der Waals surface area contributed by atoms with Gasteiger partial charge in [-0.1, -0.05) is 0 Å². The number of thiazole rings is 1. The third kappa shape index (κ3) is 1.64. The zero-order chi connectivity index (χ0) is 15.6. The van der Waals surface area contributed by atoms with E-state index < -0.39 is 37.9 Å². The van der Waals surface area contributed by atoms with Crippen LogP contribution in [0.15, 0.2) is 17.2 Å². The van der Waals surface area contributed by atoms with Crippen LogP contribution in [-0.4, -0.2) is 51.4 Å². The van der Waals surface area contributed by atoms with E-state index in [1.165, 1.54) is 31.3 Å². The molecule has 112 valence electrons. The minimum atomic E-state index is -3.81. The second kappa shape index (κ2) is 4.14. The Morgan fingerprint density at radius 1 is 1.52 bits per heavy atom. The van der Waals surface area contributed by atoms with Crippen molar-refractivity contribution < 1.29 is 23.1 Å². The molecule has 9 heteroatoms. The quantitative estimate of drug-likeness (QED) is 0.620. The van der Waals surface area contributed by atoms with Crippen molar-refractivity contribution in [2.45, 2.75) is 30.0 Å². The lowest BCUT2D eigenvalue weighted by atomic mass is 9.95. The average Bonchev–Trinajstić information content (AvgIpc) is 2.91. The van der Waals surface area contributed by atoms with Gasteiger partial charge in [-0.2, -0.15) is 0 Å². The predicted octanol–water partition coefficient (Wildman–Crippen LogP) is 0.355. The number of amides is 1. The highest BCUT2D eigenvalue weighted by atomic mass is 32.2. The Kier molecular flexibility index (Phi) is 2.80. The molecule has 21 heavy (non-hydrogen) atoms. The number of sulfone groups is 1. The standard InChI is InChI=1S/C12H12N2O5S2/c1-12(2)8(11(16)17)14-9(15)6(10(14)21(12,18)19)5-7-13-3-4-20-7/h3-5,8,10H,1-2H3,(H,16,17)/t8-,10+/m0/s1. The molecule has 2 aliphatic rings. The number of carbonyl (C=O) groups is 2. The zero-order valence-corrected chi connectivity index (χ0v) is 12.8. The van der Waals surface area contributed by atoms with Crippen molar-refractivity contribution in [2.24, 2.45) is 0 Å². The molecular formula is C12H12N2O5S2. The van der Waals surface area contributed by atoms with Gasteiger partial charge in [-0.05, 0) is 19.9 Å². The number of hydrogen-bond donors (Lipinski definition) is 1. The van der Waals surface area contributed by atoms with Crippen molar-refractivity contribution in [3.05, 3.63) is 22.2 Å². The highest BCUT2D eigenvalue weighted by Crippen LogP contribution is 2.48. The van der Waals surface area contributed by atoms with E-state index in [1.54, 1.807) is 11.6 Å². The van der Waals surface area contributed by atoms with Crippen LogP contribution < -0.4 is 0 Å². The summed E-state index contributed by atoms with van der Waals surface area (Å²) in [5.41, 5.74) is 0.0850. The maximum Gasteiger partial charge on any atom is 0.328 e. The molecule has 0 bridgehead atoms. The average molecular weight is 328 g/mol. The van der Waals surface area contributed by atoms with E-state index in [2.05, 4.69) is 4.98 Å². The number of rotatable bonds is 2. The fourth-order valence-electron chi connectivity index (χ4n) is 2.78. The summed E-state index contributed by atoms with van der Waals surface area (Å²) >= 11 is 1.27. The number of fused-ring (bicyclic) bond motifs is 1. The molecule has 2 fully saturated rings. The maximum atomic E-state index is 12.6. The van der Waals surface area contributed by atoms with Gasteiger partial charge in [0.2, 0.25) is 0 Å². The monoisotopic (exact) mass is 328 g/mol. The second-order valence-corrected chi connectivity index (χ2v) is 8.94. The number of hydrogen-bond acceptors (Lipinski definition) is 6. The van der Waals surface area contributed by atoms with E-state index in [0.29, 0.717) is 5.01 Å². The first kappa shape index (κ1) is 14.2. The predicted molar refractivity (Wildman–Crippen MR) is 75.1 cm³/mol. The SMILES string of the molecule is CC1(C)[C@H](C(=O)O)N2C(=O)C(=Cc3nccs3)[C@H]2S1(=O)=O. The minimum absolute atomic E-state index is 0.0850. The van der Waals surface area contributed by atoms with Crippen LogP contribution in [0.2, 0.25) is 0 Å². The van der Waals surface area contributed by atoms with Gasteiger partial charge in [-0.3, -0.25) is 4.79 Å². The van der Waals surface area contributed by atoms with Gasteiger partial charge >= 0.3 is 5.97 Å². The Balaban J connectivity index is 2.12. The molecule has 1 amide bonds. The van der Waals surface area contributed by atoms with Crippen LogP contribution in [-0.2, 0) is 19.4 Å². The second-order valence-electron chi connectivity index (χ2n) is 5.42. The van der Waals surface area contributed by atoms with E-state index in [-0.39, 0.29) is 5.57 Å². The summed E-state index contributed by atoms with van der Waals surface area (Å²) in [7, 11) is -3.81. The third-order valence-electron chi connectivity index (χ3n) is 3.93. The molecule has 0 spiro atoms. The van der Waals surface area contributed by atoms with Crippen molar-refractivity contribution >= 4 is 39.1 Å². The number of β-lactam (4-membered cyclic amide) rings is 1. The molecule has 3 heterocycles. The number of aromatic nitrogens is 1. The summed E-state index contributed by atoms with van der Waals surface area (Å²) in [6, 6.07) is -1.37. The molecule has 0 aliphatic carbocycles. The number of nitrogens with zero attached hydrogens (tertiary/aromatic N) is 2. The molecule has 1 aromatic heterocycles. The Hall–Kier alpha value is -1.74. The van der Waals surface area contributed by atoms with Crippen LogP contribution in [0.5, 0.6) is 0 Å². The van der Waals surface area contributed by atoms with Crippen LogP contribution in [0.1, 0.15) is 18.9 Å². The number of carboxylic acids is 1. The minimum Gasteiger partial charge on any atom is -0.480 e. The normalized spacial score (nSPS) is 31.0. The molecule has 1 N–H and O–H groups in total. The Morgan fingerprint density at radius 3 is 2.71 bits per heavy atom.